The molecule has 1 fully saturated rings. The minimum Gasteiger partial charge on any atom is -0.386 e. The smallest absolute Gasteiger partial charge is 0.103 e. The van der Waals surface area contributed by atoms with Crippen LogP contribution in [-0.2, 0) is 4.74 Å². The van der Waals surface area contributed by atoms with Gasteiger partial charge in [-0.25, -0.2) is 0 Å². The van der Waals surface area contributed by atoms with Crippen LogP contribution in [0.15, 0.2) is 18.2 Å². The van der Waals surface area contributed by atoms with E-state index in [-0.39, 0.29) is 0 Å². The third-order valence-electron chi connectivity index (χ3n) is 3.96. The van der Waals surface area contributed by atoms with Gasteiger partial charge in [0.15, 0.2) is 0 Å². The number of hydrogen-bond donors (Lipinski definition) is 1. The van der Waals surface area contributed by atoms with Gasteiger partial charge in [-0.2, -0.15) is 0 Å². The van der Waals surface area contributed by atoms with E-state index in [4.69, 9.17) is 4.74 Å². The summed E-state index contributed by atoms with van der Waals surface area (Å²) in [5.74, 6) is 0.878. The zero-order chi connectivity index (χ0) is 13.0. The predicted molar refractivity (Wildman–Crippen MR) is 73.7 cm³/mol. The van der Waals surface area contributed by atoms with Crippen LogP contribution in [0.2, 0.25) is 0 Å². The Hall–Kier alpha value is -0.860. The average molecular weight is 248 g/mol. The predicted octanol–water partition coefficient (Wildman–Crippen LogP) is 3.54. The van der Waals surface area contributed by atoms with Crippen LogP contribution in [0.1, 0.15) is 48.5 Å². The van der Waals surface area contributed by atoms with E-state index in [0.29, 0.717) is 6.61 Å². The van der Waals surface area contributed by atoms with E-state index < -0.39 is 6.10 Å². The van der Waals surface area contributed by atoms with Gasteiger partial charge in [0.05, 0.1) is 6.61 Å². The molecule has 1 N–H and O–H groups in total. The lowest BCUT2D eigenvalue weighted by Crippen LogP contribution is -2.15. The van der Waals surface area contributed by atoms with Crippen molar-refractivity contribution in [1.29, 1.82) is 0 Å². The molecule has 0 heterocycles. The Kier molecular flexibility index (Phi) is 4.79. The summed E-state index contributed by atoms with van der Waals surface area (Å²) in [6, 6.07) is 6.15. The van der Waals surface area contributed by atoms with Crippen LogP contribution >= 0.6 is 0 Å². The molecule has 2 rings (SSSR count). The van der Waals surface area contributed by atoms with Crippen LogP contribution in [0.4, 0.5) is 0 Å². The zero-order valence-electron chi connectivity index (χ0n) is 11.5. The van der Waals surface area contributed by atoms with Crippen LogP contribution < -0.4 is 0 Å². The fourth-order valence-electron chi connectivity index (χ4n) is 2.52. The number of aliphatic hydroxyl groups excluding tert-OH is 1. The van der Waals surface area contributed by atoms with Crippen molar-refractivity contribution in [3.63, 3.8) is 0 Å². The van der Waals surface area contributed by atoms with Crippen molar-refractivity contribution in [2.75, 3.05) is 13.2 Å². The maximum Gasteiger partial charge on any atom is 0.103 e. The molecule has 2 nitrogen and oxygen atoms in total. The van der Waals surface area contributed by atoms with Gasteiger partial charge in [0.2, 0.25) is 0 Å². The van der Waals surface area contributed by atoms with E-state index in [9.17, 15) is 5.11 Å². The van der Waals surface area contributed by atoms with Crippen molar-refractivity contribution in [2.24, 2.45) is 5.92 Å². The monoisotopic (exact) mass is 248 g/mol. The summed E-state index contributed by atoms with van der Waals surface area (Å²) in [6.45, 7) is 5.31. The van der Waals surface area contributed by atoms with Crippen LogP contribution in [0.25, 0.3) is 0 Å². The van der Waals surface area contributed by atoms with Gasteiger partial charge in [0.25, 0.3) is 0 Å². The third kappa shape index (κ3) is 3.56. The highest BCUT2D eigenvalue weighted by Gasteiger charge is 2.17. The standard InChI is InChI=1S/C16H24O2/c1-12-6-7-15(13(2)10-12)16(17)11-18-9-8-14-4-3-5-14/h6-7,10,14,16-17H,3-5,8-9,11H2,1-2H3. The molecule has 0 spiro atoms. The largest absolute Gasteiger partial charge is 0.386 e. The molecule has 1 aliphatic carbocycles. The van der Waals surface area contributed by atoms with Crippen molar-refractivity contribution < 1.29 is 9.84 Å². The lowest BCUT2D eigenvalue weighted by atomic mass is 9.83. The first-order valence-electron chi connectivity index (χ1n) is 7.00. The average Bonchev–Trinajstić information content (AvgIpc) is 2.26. The molecule has 0 bridgehead atoms. The topological polar surface area (TPSA) is 29.5 Å². The SMILES string of the molecule is Cc1ccc(C(O)COCCC2CCC2)c(C)c1. The molecule has 0 aromatic heterocycles. The molecule has 1 saturated carbocycles. The normalized spacial score (nSPS) is 17.5. The first-order chi connectivity index (χ1) is 8.66. The van der Waals surface area contributed by atoms with Crippen LogP contribution in [0.5, 0.6) is 0 Å². The molecule has 0 saturated heterocycles. The quantitative estimate of drug-likeness (QED) is 0.780. The van der Waals surface area contributed by atoms with E-state index >= 15 is 0 Å². The molecule has 0 aliphatic heterocycles. The molecule has 18 heavy (non-hydrogen) atoms. The van der Waals surface area contributed by atoms with Crippen LogP contribution in [0.3, 0.4) is 0 Å². The van der Waals surface area contributed by atoms with Crippen molar-refractivity contribution in [3.05, 3.63) is 34.9 Å². The molecule has 1 atom stereocenters. The van der Waals surface area contributed by atoms with Crippen molar-refractivity contribution in [1.82, 2.24) is 0 Å². The molecule has 100 valence electrons. The zero-order valence-corrected chi connectivity index (χ0v) is 11.5. The fourth-order valence-corrected chi connectivity index (χ4v) is 2.52. The summed E-state index contributed by atoms with van der Waals surface area (Å²) < 4.78 is 5.59. The Bertz CT molecular complexity index is 383. The highest BCUT2D eigenvalue weighted by atomic mass is 16.5. The molecule has 1 unspecified atom stereocenters. The second-order valence-electron chi connectivity index (χ2n) is 5.54. The minimum absolute atomic E-state index is 0.413. The van der Waals surface area contributed by atoms with Gasteiger partial charge < -0.3 is 9.84 Å². The molecule has 1 aromatic rings. The summed E-state index contributed by atoms with van der Waals surface area (Å²) in [4.78, 5) is 0. The fraction of sp³-hybridized carbons (Fsp3) is 0.625. The molecule has 1 aromatic carbocycles. The van der Waals surface area contributed by atoms with E-state index in [0.717, 1.165) is 30.1 Å². The van der Waals surface area contributed by atoms with Gasteiger partial charge in [-0.15, -0.1) is 0 Å². The van der Waals surface area contributed by atoms with Crippen LogP contribution in [0, 0.1) is 19.8 Å². The first-order valence-corrected chi connectivity index (χ1v) is 7.00. The van der Waals surface area contributed by atoms with Crippen molar-refractivity contribution >= 4 is 0 Å². The van der Waals surface area contributed by atoms with E-state index in [1.165, 1.54) is 24.8 Å². The first kappa shape index (κ1) is 13.6. The Morgan fingerprint density at radius 2 is 2.11 bits per heavy atom. The highest BCUT2D eigenvalue weighted by molar-refractivity contribution is 5.31. The molecule has 1 aliphatic rings. The van der Waals surface area contributed by atoms with E-state index in [1.54, 1.807) is 0 Å². The van der Waals surface area contributed by atoms with E-state index in [2.05, 4.69) is 13.0 Å². The van der Waals surface area contributed by atoms with Gasteiger partial charge in [-0.1, -0.05) is 43.0 Å². The number of rotatable bonds is 6. The highest BCUT2D eigenvalue weighted by Crippen LogP contribution is 2.29. The summed E-state index contributed by atoms with van der Waals surface area (Å²) in [6.07, 6.45) is 4.77. The Labute approximate surface area is 110 Å². The second kappa shape index (κ2) is 6.35. The number of hydrogen-bond acceptors (Lipinski definition) is 2. The molecule has 2 heteroatoms. The van der Waals surface area contributed by atoms with Gasteiger partial charge in [0.1, 0.15) is 6.10 Å². The van der Waals surface area contributed by atoms with Gasteiger partial charge in [-0.3, -0.25) is 0 Å². The molecule has 0 amide bonds. The number of aliphatic hydroxyl groups is 1. The Morgan fingerprint density at radius 1 is 1.33 bits per heavy atom. The van der Waals surface area contributed by atoms with Crippen molar-refractivity contribution in [2.45, 2.75) is 45.6 Å². The molecular formula is C16H24O2. The van der Waals surface area contributed by atoms with Crippen molar-refractivity contribution in [3.8, 4) is 0 Å². The van der Waals surface area contributed by atoms with Gasteiger partial charge in [0, 0.05) is 6.61 Å². The molecular weight excluding hydrogens is 224 g/mol. The summed E-state index contributed by atoms with van der Waals surface area (Å²) in [5, 5.41) is 10.1. The van der Waals surface area contributed by atoms with E-state index in [1.807, 2.05) is 19.1 Å². The number of aryl methyl sites for hydroxylation is 2. The lowest BCUT2D eigenvalue weighted by molar-refractivity contribution is 0.0263. The number of benzene rings is 1. The Balaban J connectivity index is 1.74. The van der Waals surface area contributed by atoms with Gasteiger partial charge >= 0.3 is 0 Å². The summed E-state index contributed by atoms with van der Waals surface area (Å²) in [5.41, 5.74) is 3.36. The van der Waals surface area contributed by atoms with Gasteiger partial charge in [-0.05, 0) is 37.3 Å². The minimum atomic E-state index is -0.494. The third-order valence-corrected chi connectivity index (χ3v) is 3.96. The summed E-state index contributed by atoms with van der Waals surface area (Å²) in [7, 11) is 0. The summed E-state index contributed by atoms with van der Waals surface area (Å²) >= 11 is 0. The number of ether oxygens (including phenoxy) is 1. The maximum atomic E-state index is 10.1. The lowest BCUT2D eigenvalue weighted by Gasteiger charge is -2.25. The van der Waals surface area contributed by atoms with Crippen LogP contribution in [-0.4, -0.2) is 18.3 Å². The molecule has 0 radical (unpaired) electrons. The maximum absolute atomic E-state index is 10.1. The Morgan fingerprint density at radius 3 is 2.72 bits per heavy atom. The second-order valence-corrected chi connectivity index (χ2v) is 5.54.